The van der Waals surface area contributed by atoms with Crippen LogP contribution in [0.3, 0.4) is 0 Å². The Labute approximate surface area is 119 Å². The van der Waals surface area contributed by atoms with Gasteiger partial charge in [-0.25, -0.2) is 0 Å². The van der Waals surface area contributed by atoms with Crippen LogP contribution in [-0.2, 0) is 0 Å². The number of nitrogens with one attached hydrogen (secondary N) is 1. The normalized spacial score (nSPS) is 10.2. The van der Waals surface area contributed by atoms with Gasteiger partial charge in [0, 0.05) is 18.3 Å². The molecule has 1 N–H and O–H groups in total. The monoisotopic (exact) mass is 259 g/mol. The van der Waals surface area contributed by atoms with Crippen LogP contribution in [-0.4, -0.2) is 7.05 Å². The molecule has 0 unspecified atom stereocenters. The molecule has 3 rings (SSSR count). The topological polar surface area (TPSA) is 12.0 Å². The Kier molecular flexibility index (Phi) is 3.51. The molecule has 0 bridgehead atoms. The molecule has 0 saturated carbocycles. The number of anilines is 1. The van der Waals surface area contributed by atoms with E-state index in [1.165, 1.54) is 22.3 Å². The zero-order valence-corrected chi connectivity index (χ0v) is 11.5. The van der Waals surface area contributed by atoms with Crippen molar-refractivity contribution in [3.63, 3.8) is 0 Å². The molecule has 1 heteroatoms. The fourth-order valence-electron chi connectivity index (χ4n) is 2.43. The van der Waals surface area contributed by atoms with Gasteiger partial charge in [-0.3, -0.25) is 0 Å². The predicted octanol–water partition coefficient (Wildman–Crippen LogP) is 5.06. The molecule has 98 valence electrons. The van der Waals surface area contributed by atoms with Crippen LogP contribution in [0.4, 0.5) is 5.69 Å². The number of benzene rings is 3. The molecule has 0 aliphatic rings. The van der Waals surface area contributed by atoms with Gasteiger partial charge in [0.1, 0.15) is 0 Å². The second-order valence-corrected chi connectivity index (χ2v) is 4.74. The molecule has 0 radical (unpaired) electrons. The zero-order valence-electron chi connectivity index (χ0n) is 11.5. The molecule has 3 aromatic carbocycles. The van der Waals surface area contributed by atoms with Crippen LogP contribution in [0.2, 0.25) is 0 Å². The lowest BCUT2D eigenvalue weighted by Gasteiger charge is -2.12. The van der Waals surface area contributed by atoms with Crippen LogP contribution >= 0.6 is 0 Å². The van der Waals surface area contributed by atoms with Crippen molar-refractivity contribution in [2.75, 3.05) is 12.4 Å². The standard InChI is InChI=1S/C19H17N/c1-20-19-13-12-17(15-8-4-2-5-9-15)14-18(19)16-10-6-3-7-11-16/h2-14,20H,1H3. The minimum absolute atomic E-state index is 1.15. The Balaban J connectivity index is 2.13. The van der Waals surface area contributed by atoms with Gasteiger partial charge in [-0.05, 0) is 28.8 Å². The van der Waals surface area contributed by atoms with E-state index in [4.69, 9.17) is 0 Å². The first kappa shape index (κ1) is 12.5. The van der Waals surface area contributed by atoms with Crippen molar-refractivity contribution >= 4 is 5.69 Å². The molecule has 0 aliphatic heterocycles. The first-order chi connectivity index (χ1) is 9.88. The SMILES string of the molecule is CNc1ccc(-c2ccccc2)cc1-c1ccccc1. The predicted molar refractivity (Wildman–Crippen MR) is 86.9 cm³/mol. The van der Waals surface area contributed by atoms with E-state index in [0.29, 0.717) is 0 Å². The molecule has 0 aliphatic carbocycles. The van der Waals surface area contributed by atoms with E-state index in [9.17, 15) is 0 Å². The first-order valence-corrected chi connectivity index (χ1v) is 6.81. The van der Waals surface area contributed by atoms with Crippen molar-refractivity contribution in [3.05, 3.63) is 78.9 Å². The smallest absolute Gasteiger partial charge is 0.0417 e. The molecule has 0 atom stereocenters. The average molecular weight is 259 g/mol. The maximum absolute atomic E-state index is 3.27. The summed E-state index contributed by atoms with van der Waals surface area (Å²) in [6.07, 6.45) is 0. The molecule has 20 heavy (non-hydrogen) atoms. The lowest BCUT2D eigenvalue weighted by molar-refractivity contribution is 1.49. The number of hydrogen-bond acceptors (Lipinski definition) is 1. The van der Waals surface area contributed by atoms with Gasteiger partial charge in [0.15, 0.2) is 0 Å². The van der Waals surface area contributed by atoms with Crippen LogP contribution in [0, 0.1) is 0 Å². The van der Waals surface area contributed by atoms with Gasteiger partial charge in [0.05, 0.1) is 0 Å². The summed E-state index contributed by atoms with van der Waals surface area (Å²) < 4.78 is 0. The van der Waals surface area contributed by atoms with Crippen molar-refractivity contribution in [2.45, 2.75) is 0 Å². The Morgan fingerprint density at radius 2 is 1.20 bits per heavy atom. The summed E-state index contributed by atoms with van der Waals surface area (Å²) in [6, 6.07) is 27.5. The Morgan fingerprint density at radius 3 is 1.80 bits per heavy atom. The van der Waals surface area contributed by atoms with Crippen LogP contribution in [0.5, 0.6) is 0 Å². The van der Waals surface area contributed by atoms with E-state index in [1.54, 1.807) is 0 Å². The third-order valence-corrected chi connectivity index (χ3v) is 3.48. The summed E-state index contributed by atoms with van der Waals surface area (Å²) in [7, 11) is 1.96. The highest BCUT2D eigenvalue weighted by Gasteiger charge is 2.06. The lowest BCUT2D eigenvalue weighted by Crippen LogP contribution is -1.92. The molecular weight excluding hydrogens is 242 g/mol. The summed E-state index contributed by atoms with van der Waals surface area (Å²) in [6.45, 7) is 0. The van der Waals surface area contributed by atoms with E-state index in [2.05, 4.69) is 72.0 Å². The van der Waals surface area contributed by atoms with Crippen LogP contribution in [0.25, 0.3) is 22.3 Å². The molecule has 0 spiro atoms. The molecule has 0 amide bonds. The minimum Gasteiger partial charge on any atom is -0.388 e. The number of rotatable bonds is 3. The molecule has 0 saturated heterocycles. The lowest BCUT2D eigenvalue weighted by atomic mass is 9.97. The van der Waals surface area contributed by atoms with E-state index in [-0.39, 0.29) is 0 Å². The maximum Gasteiger partial charge on any atom is 0.0417 e. The minimum atomic E-state index is 1.15. The van der Waals surface area contributed by atoms with Crippen molar-refractivity contribution in [3.8, 4) is 22.3 Å². The second kappa shape index (κ2) is 5.62. The molecular formula is C19H17N. The zero-order chi connectivity index (χ0) is 13.8. The van der Waals surface area contributed by atoms with Crippen molar-refractivity contribution in [2.24, 2.45) is 0 Å². The number of hydrogen-bond donors (Lipinski definition) is 1. The van der Waals surface area contributed by atoms with Crippen LogP contribution in [0.1, 0.15) is 0 Å². The summed E-state index contributed by atoms with van der Waals surface area (Å²) in [5.41, 5.74) is 6.09. The molecule has 0 fully saturated rings. The fourth-order valence-corrected chi connectivity index (χ4v) is 2.43. The Hall–Kier alpha value is -2.54. The largest absolute Gasteiger partial charge is 0.388 e. The van der Waals surface area contributed by atoms with Crippen molar-refractivity contribution < 1.29 is 0 Å². The fraction of sp³-hybridized carbons (Fsp3) is 0.0526. The first-order valence-electron chi connectivity index (χ1n) is 6.81. The Bertz CT molecular complexity index is 687. The van der Waals surface area contributed by atoms with Gasteiger partial charge < -0.3 is 5.32 Å². The van der Waals surface area contributed by atoms with Crippen molar-refractivity contribution in [1.29, 1.82) is 0 Å². The molecule has 0 aromatic heterocycles. The highest BCUT2D eigenvalue weighted by molar-refractivity contribution is 5.82. The van der Waals surface area contributed by atoms with Gasteiger partial charge in [-0.2, -0.15) is 0 Å². The van der Waals surface area contributed by atoms with Crippen LogP contribution in [0.15, 0.2) is 78.9 Å². The Morgan fingerprint density at radius 1 is 0.600 bits per heavy atom. The molecule has 1 nitrogen and oxygen atoms in total. The average Bonchev–Trinajstić information content (AvgIpc) is 2.56. The molecule has 3 aromatic rings. The van der Waals surface area contributed by atoms with E-state index < -0.39 is 0 Å². The van der Waals surface area contributed by atoms with E-state index in [0.717, 1.165) is 5.69 Å². The second-order valence-electron chi connectivity index (χ2n) is 4.74. The van der Waals surface area contributed by atoms with Gasteiger partial charge >= 0.3 is 0 Å². The van der Waals surface area contributed by atoms with Gasteiger partial charge in [-0.15, -0.1) is 0 Å². The van der Waals surface area contributed by atoms with Crippen LogP contribution < -0.4 is 5.32 Å². The highest BCUT2D eigenvalue weighted by atomic mass is 14.8. The van der Waals surface area contributed by atoms with E-state index >= 15 is 0 Å². The summed E-state index contributed by atoms with van der Waals surface area (Å²) in [4.78, 5) is 0. The third kappa shape index (κ3) is 2.43. The van der Waals surface area contributed by atoms with E-state index in [1.807, 2.05) is 19.2 Å². The van der Waals surface area contributed by atoms with Crippen molar-refractivity contribution in [1.82, 2.24) is 0 Å². The van der Waals surface area contributed by atoms with Gasteiger partial charge in [0.25, 0.3) is 0 Å². The summed E-state index contributed by atoms with van der Waals surface area (Å²) in [5, 5.41) is 3.27. The maximum atomic E-state index is 3.27. The molecule has 0 heterocycles. The summed E-state index contributed by atoms with van der Waals surface area (Å²) in [5.74, 6) is 0. The quantitative estimate of drug-likeness (QED) is 0.693. The highest BCUT2D eigenvalue weighted by Crippen LogP contribution is 2.32. The van der Waals surface area contributed by atoms with Gasteiger partial charge in [0.2, 0.25) is 0 Å². The third-order valence-electron chi connectivity index (χ3n) is 3.48. The van der Waals surface area contributed by atoms with Gasteiger partial charge in [-0.1, -0.05) is 66.7 Å². The summed E-state index contributed by atoms with van der Waals surface area (Å²) >= 11 is 0.